The number of rotatable bonds is 8. The van der Waals surface area contributed by atoms with Gasteiger partial charge in [0.15, 0.2) is 5.96 Å². The molecule has 1 saturated heterocycles. The summed E-state index contributed by atoms with van der Waals surface area (Å²) in [6.45, 7) is 6.73. The summed E-state index contributed by atoms with van der Waals surface area (Å²) in [6, 6.07) is 11.7. The van der Waals surface area contributed by atoms with Crippen molar-refractivity contribution in [2.24, 2.45) is 4.99 Å². The standard InChI is InChI=1S/C22H30N4O3/c1-3-23-21(25-16-22(2,28)19-6-5-13-29-19)24-14-17-8-10-18(11-9-17)15-26-12-4-7-20(26)27/h5-6,8-11,13,28H,3-4,7,12,14-16H2,1-2H3,(H2,23,24,25). The van der Waals surface area contributed by atoms with Crippen molar-refractivity contribution in [3.63, 3.8) is 0 Å². The second-order valence-electron chi connectivity index (χ2n) is 7.54. The molecule has 1 aromatic carbocycles. The van der Waals surface area contributed by atoms with E-state index in [1.54, 1.807) is 25.3 Å². The maximum Gasteiger partial charge on any atom is 0.222 e. The summed E-state index contributed by atoms with van der Waals surface area (Å²) < 4.78 is 5.31. The van der Waals surface area contributed by atoms with E-state index >= 15 is 0 Å². The summed E-state index contributed by atoms with van der Waals surface area (Å²) in [6.07, 6.45) is 3.17. The number of aliphatic hydroxyl groups is 1. The van der Waals surface area contributed by atoms with Crippen LogP contribution in [-0.4, -0.2) is 41.5 Å². The third kappa shape index (κ3) is 5.84. The van der Waals surface area contributed by atoms with Gasteiger partial charge in [-0.25, -0.2) is 4.99 Å². The maximum atomic E-state index is 11.8. The van der Waals surface area contributed by atoms with Crippen molar-refractivity contribution in [1.29, 1.82) is 0 Å². The molecule has 1 aromatic heterocycles. The number of nitrogens with zero attached hydrogens (tertiary/aromatic N) is 2. The highest BCUT2D eigenvalue weighted by atomic mass is 16.4. The second kappa shape index (κ2) is 9.60. The van der Waals surface area contributed by atoms with Crippen molar-refractivity contribution in [2.45, 2.75) is 45.4 Å². The zero-order valence-electron chi connectivity index (χ0n) is 17.1. The molecule has 7 heteroatoms. The highest BCUT2D eigenvalue weighted by molar-refractivity contribution is 5.79. The summed E-state index contributed by atoms with van der Waals surface area (Å²) in [4.78, 5) is 18.3. The number of amides is 1. The number of furan rings is 1. The number of carbonyl (C=O) groups is 1. The molecule has 29 heavy (non-hydrogen) atoms. The van der Waals surface area contributed by atoms with Gasteiger partial charge in [0.25, 0.3) is 0 Å². The predicted octanol–water partition coefficient (Wildman–Crippen LogP) is 2.36. The van der Waals surface area contributed by atoms with Crippen molar-refractivity contribution in [2.75, 3.05) is 19.6 Å². The number of guanidine groups is 1. The molecule has 2 aromatic rings. The fourth-order valence-corrected chi connectivity index (χ4v) is 3.28. The molecular weight excluding hydrogens is 368 g/mol. The molecule has 0 saturated carbocycles. The van der Waals surface area contributed by atoms with Gasteiger partial charge in [0.05, 0.1) is 19.4 Å². The number of benzene rings is 1. The Balaban J connectivity index is 1.56. The van der Waals surface area contributed by atoms with Gasteiger partial charge in [0.1, 0.15) is 11.4 Å². The number of hydrogen-bond donors (Lipinski definition) is 3. The van der Waals surface area contributed by atoms with Gasteiger partial charge in [-0.1, -0.05) is 24.3 Å². The van der Waals surface area contributed by atoms with Crippen molar-refractivity contribution in [3.8, 4) is 0 Å². The molecule has 1 aliphatic heterocycles. The minimum Gasteiger partial charge on any atom is -0.466 e. The quantitative estimate of drug-likeness (QED) is 0.469. The predicted molar refractivity (Wildman–Crippen MR) is 112 cm³/mol. The molecular formula is C22H30N4O3. The van der Waals surface area contributed by atoms with Crippen molar-refractivity contribution < 1.29 is 14.3 Å². The van der Waals surface area contributed by atoms with Crippen LogP contribution in [0.2, 0.25) is 0 Å². The first-order chi connectivity index (χ1) is 14.0. The van der Waals surface area contributed by atoms with Crippen LogP contribution in [0.1, 0.15) is 43.6 Å². The van der Waals surface area contributed by atoms with Crippen LogP contribution in [0.15, 0.2) is 52.1 Å². The minimum atomic E-state index is -1.13. The topological polar surface area (TPSA) is 90.1 Å². The van der Waals surface area contributed by atoms with Gasteiger partial charge in [-0.15, -0.1) is 0 Å². The lowest BCUT2D eigenvalue weighted by Gasteiger charge is -2.22. The van der Waals surface area contributed by atoms with Crippen LogP contribution in [0.5, 0.6) is 0 Å². The molecule has 0 aliphatic carbocycles. The molecule has 3 rings (SSSR count). The van der Waals surface area contributed by atoms with E-state index in [4.69, 9.17) is 4.42 Å². The summed E-state index contributed by atoms with van der Waals surface area (Å²) in [5.74, 6) is 1.38. The largest absolute Gasteiger partial charge is 0.466 e. The molecule has 156 valence electrons. The number of likely N-dealkylation sites (tertiary alicyclic amines) is 1. The maximum absolute atomic E-state index is 11.8. The number of hydrogen-bond acceptors (Lipinski definition) is 4. The van der Waals surface area contributed by atoms with Crippen molar-refractivity contribution in [3.05, 3.63) is 59.5 Å². The van der Waals surface area contributed by atoms with E-state index < -0.39 is 5.60 Å². The van der Waals surface area contributed by atoms with Gasteiger partial charge in [-0.2, -0.15) is 0 Å². The van der Waals surface area contributed by atoms with Gasteiger partial charge < -0.3 is 25.1 Å². The third-order valence-corrected chi connectivity index (χ3v) is 4.98. The Bertz CT molecular complexity index is 813. The van der Waals surface area contributed by atoms with Crippen LogP contribution in [0, 0.1) is 0 Å². The van der Waals surface area contributed by atoms with Crippen molar-refractivity contribution >= 4 is 11.9 Å². The number of nitrogens with one attached hydrogen (secondary N) is 2. The molecule has 3 N–H and O–H groups in total. The molecule has 1 unspecified atom stereocenters. The minimum absolute atomic E-state index is 0.241. The van der Waals surface area contributed by atoms with Crippen LogP contribution in [0.4, 0.5) is 0 Å². The Morgan fingerprint density at radius 2 is 2.00 bits per heavy atom. The van der Waals surface area contributed by atoms with E-state index in [9.17, 15) is 9.90 Å². The summed E-state index contributed by atoms with van der Waals surface area (Å²) in [5.41, 5.74) is 1.08. The van der Waals surface area contributed by atoms with Crippen molar-refractivity contribution in [1.82, 2.24) is 15.5 Å². The normalized spacial score (nSPS) is 16.7. The molecule has 0 spiro atoms. The SMILES string of the molecule is CCNC(=NCc1ccc(CN2CCCC2=O)cc1)NCC(C)(O)c1ccco1. The first-order valence-corrected chi connectivity index (χ1v) is 10.1. The molecule has 1 atom stereocenters. The molecule has 1 fully saturated rings. The number of aliphatic imine (C=N–C) groups is 1. The molecule has 2 heterocycles. The van der Waals surface area contributed by atoms with Gasteiger partial charge in [-0.05, 0) is 43.5 Å². The summed E-state index contributed by atoms with van der Waals surface area (Å²) in [5, 5.41) is 16.9. The Hall–Kier alpha value is -2.80. The summed E-state index contributed by atoms with van der Waals surface area (Å²) in [7, 11) is 0. The molecule has 1 amide bonds. The van der Waals surface area contributed by atoms with Crippen LogP contribution in [-0.2, 0) is 23.5 Å². The first-order valence-electron chi connectivity index (χ1n) is 10.1. The van der Waals surface area contributed by atoms with E-state index in [0.29, 0.717) is 31.2 Å². The lowest BCUT2D eigenvalue weighted by molar-refractivity contribution is -0.128. The van der Waals surface area contributed by atoms with Crippen LogP contribution < -0.4 is 10.6 Å². The Kier molecular flexibility index (Phi) is 6.93. The lowest BCUT2D eigenvalue weighted by Crippen LogP contribution is -2.44. The summed E-state index contributed by atoms with van der Waals surface area (Å²) >= 11 is 0. The Morgan fingerprint density at radius 3 is 2.62 bits per heavy atom. The van der Waals surface area contributed by atoms with Crippen LogP contribution >= 0.6 is 0 Å². The van der Waals surface area contributed by atoms with Gasteiger partial charge in [-0.3, -0.25) is 4.79 Å². The fourth-order valence-electron chi connectivity index (χ4n) is 3.28. The third-order valence-electron chi connectivity index (χ3n) is 4.98. The fraction of sp³-hybridized carbons (Fsp3) is 0.455. The molecule has 0 radical (unpaired) electrons. The average molecular weight is 399 g/mol. The van der Waals surface area contributed by atoms with E-state index in [2.05, 4.69) is 27.8 Å². The zero-order valence-corrected chi connectivity index (χ0v) is 17.1. The van der Waals surface area contributed by atoms with E-state index in [0.717, 1.165) is 30.6 Å². The van der Waals surface area contributed by atoms with Gasteiger partial charge in [0.2, 0.25) is 5.91 Å². The second-order valence-corrected chi connectivity index (χ2v) is 7.54. The monoisotopic (exact) mass is 398 g/mol. The highest BCUT2D eigenvalue weighted by Gasteiger charge is 2.26. The highest BCUT2D eigenvalue weighted by Crippen LogP contribution is 2.19. The van der Waals surface area contributed by atoms with Crippen LogP contribution in [0.25, 0.3) is 0 Å². The van der Waals surface area contributed by atoms with E-state index in [-0.39, 0.29) is 12.5 Å². The molecule has 7 nitrogen and oxygen atoms in total. The van der Waals surface area contributed by atoms with Gasteiger partial charge >= 0.3 is 0 Å². The molecule has 1 aliphatic rings. The number of carbonyl (C=O) groups excluding carboxylic acids is 1. The smallest absolute Gasteiger partial charge is 0.222 e. The van der Waals surface area contributed by atoms with Crippen LogP contribution in [0.3, 0.4) is 0 Å². The molecule has 0 bridgehead atoms. The zero-order chi connectivity index (χ0) is 20.7. The Morgan fingerprint density at radius 1 is 1.24 bits per heavy atom. The average Bonchev–Trinajstić information content (AvgIpc) is 3.38. The first kappa shape index (κ1) is 20.9. The Labute approximate surface area is 171 Å². The van der Waals surface area contributed by atoms with Gasteiger partial charge in [0, 0.05) is 26.1 Å². The van der Waals surface area contributed by atoms with E-state index in [1.807, 2.05) is 24.0 Å². The van der Waals surface area contributed by atoms with E-state index in [1.165, 1.54) is 0 Å². The lowest BCUT2D eigenvalue weighted by atomic mass is 10.0.